The molecule has 1 aliphatic heterocycles. The van der Waals surface area contributed by atoms with Crippen molar-refractivity contribution in [1.82, 2.24) is 20.3 Å². The van der Waals surface area contributed by atoms with Gasteiger partial charge in [-0.2, -0.15) is 0 Å². The van der Waals surface area contributed by atoms with Crippen molar-refractivity contribution < 1.29 is 17.5 Å². The van der Waals surface area contributed by atoms with Gasteiger partial charge in [-0.25, -0.2) is 27.8 Å². The summed E-state index contributed by atoms with van der Waals surface area (Å²) in [6.45, 7) is 3.68. The zero-order valence-corrected chi connectivity index (χ0v) is 22.0. The van der Waals surface area contributed by atoms with E-state index in [-0.39, 0.29) is 29.2 Å². The van der Waals surface area contributed by atoms with Crippen LogP contribution in [0.3, 0.4) is 0 Å². The molecule has 0 radical (unpaired) electrons. The van der Waals surface area contributed by atoms with Crippen molar-refractivity contribution >= 4 is 26.6 Å². The Balaban J connectivity index is 1.49. The number of sulfone groups is 1. The lowest BCUT2D eigenvalue weighted by atomic mass is 10.0. The molecule has 1 aliphatic rings. The molecule has 0 unspecified atom stereocenters. The fourth-order valence-electron chi connectivity index (χ4n) is 4.72. The number of hydrogen-bond donors (Lipinski definition) is 2. The van der Waals surface area contributed by atoms with Crippen molar-refractivity contribution in [2.24, 2.45) is 0 Å². The van der Waals surface area contributed by atoms with Crippen molar-refractivity contribution in [3.05, 3.63) is 72.3 Å². The third-order valence-corrected chi connectivity index (χ3v) is 8.26. The zero-order valence-electron chi connectivity index (χ0n) is 21.2. The molecular weight excluding hydrogens is 505 g/mol. The lowest BCUT2D eigenvalue weighted by Crippen LogP contribution is -2.38. The highest BCUT2D eigenvalue weighted by Gasteiger charge is 2.19. The van der Waals surface area contributed by atoms with E-state index in [2.05, 4.69) is 25.6 Å². The molecule has 2 aromatic carbocycles. The summed E-state index contributed by atoms with van der Waals surface area (Å²) in [7, 11) is -3.29. The standard InChI is InChI=1S/C28H30FN5O3S/c1-2-16-38(35,36)18-19-6-3-8-22-21(19)10-11-24(29)26(22)37-27-23(9-5-14-31-27)25-12-15-32-28(34-25)33-20-7-4-13-30-17-20/h3,5-6,8-12,14-15,20,30H,2,4,7,13,16-18H2,1H3,(H,32,33,34)/t20-/m0/s1. The van der Waals surface area contributed by atoms with Gasteiger partial charge in [-0.05, 0) is 61.0 Å². The average Bonchev–Trinajstić information content (AvgIpc) is 2.91. The molecule has 2 aromatic heterocycles. The molecule has 198 valence electrons. The second-order valence-electron chi connectivity index (χ2n) is 9.39. The van der Waals surface area contributed by atoms with Crippen molar-refractivity contribution in [2.75, 3.05) is 24.2 Å². The van der Waals surface area contributed by atoms with Gasteiger partial charge in [0.2, 0.25) is 11.8 Å². The molecular formula is C28H30FN5O3S. The highest BCUT2D eigenvalue weighted by Crippen LogP contribution is 2.37. The maximum Gasteiger partial charge on any atom is 0.228 e. The van der Waals surface area contributed by atoms with Crippen LogP contribution in [0.15, 0.2) is 60.9 Å². The van der Waals surface area contributed by atoms with Gasteiger partial charge in [0, 0.05) is 30.4 Å². The molecule has 10 heteroatoms. The molecule has 2 N–H and O–H groups in total. The number of benzene rings is 2. The Morgan fingerprint density at radius 2 is 1.97 bits per heavy atom. The van der Waals surface area contributed by atoms with Gasteiger partial charge in [0.05, 0.1) is 22.8 Å². The van der Waals surface area contributed by atoms with Crippen molar-refractivity contribution in [3.63, 3.8) is 0 Å². The first-order chi connectivity index (χ1) is 18.4. The van der Waals surface area contributed by atoms with Crippen LogP contribution in [0.25, 0.3) is 22.0 Å². The summed E-state index contributed by atoms with van der Waals surface area (Å²) < 4.78 is 46.3. The number of nitrogens with zero attached hydrogens (tertiary/aromatic N) is 3. The van der Waals surface area contributed by atoms with Gasteiger partial charge < -0.3 is 15.4 Å². The first kappa shape index (κ1) is 26.0. The Morgan fingerprint density at radius 3 is 2.79 bits per heavy atom. The quantitative estimate of drug-likeness (QED) is 0.305. The van der Waals surface area contributed by atoms with Gasteiger partial charge in [-0.15, -0.1) is 0 Å². The number of ether oxygens (including phenoxy) is 1. The molecule has 0 spiro atoms. The summed E-state index contributed by atoms with van der Waals surface area (Å²) in [5, 5.41) is 7.83. The first-order valence-electron chi connectivity index (χ1n) is 12.8. The zero-order chi connectivity index (χ0) is 26.5. The van der Waals surface area contributed by atoms with E-state index in [1.165, 1.54) is 6.07 Å². The average molecular weight is 536 g/mol. The molecule has 1 atom stereocenters. The van der Waals surface area contributed by atoms with Crippen LogP contribution in [0.2, 0.25) is 0 Å². The monoisotopic (exact) mass is 535 g/mol. The molecule has 0 aliphatic carbocycles. The largest absolute Gasteiger partial charge is 0.435 e. The summed E-state index contributed by atoms with van der Waals surface area (Å²) >= 11 is 0. The molecule has 8 nitrogen and oxygen atoms in total. The van der Waals surface area contributed by atoms with E-state index >= 15 is 4.39 Å². The van der Waals surface area contributed by atoms with E-state index in [0.29, 0.717) is 40.0 Å². The molecule has 3 heterocycles. The van der Waals surface area contributed by atoms with E-state index in [4.69, 9.17) is 4.74 Å². The first-order valence-corrected chi connectivity index (χ1v) is 14.6. The predicted molar refractivity (Wildman–Crippen MR) is 147 cm³/mol. The molecule has 0 bridgehead atoms. The van der Waals surface area contributed by atoms with Crippen LogP contribution >= 0.6 is 0 Å². The van der Waals surface area contributed by atoms with Crippen LogP contribution in [0, 0.1) is 5.82 Å². The number of fused-ring (bicyclic) bond motifs is 1. The number of pyridine rings is 1. The lowest BCUT2D eigenvalue weighted by Gasteiger charge is -2.23. The third kappa shape index (κ3) is 5.92. The molecule has 4 aromatic rings. The van der Waals surface area contributed by atoms with Crippen LogP contribution in [0.1, 0.15) is 31.7 Å². The molecule has 5 rings (SSSR count). The fraction of sp³-hybridized carbons (Fsp3) is 0.321. The van der Waals surface area contributed by atoms with E-state index < -0.39 is 15.7 Å². The minimum atomic E-state index is -3.29. The number of nitrogens with one attached hydrogen (secondary N) is 2. The van der Waals surface area contributed by atoms with Crippen LogP contribution < -0.4 is 15.4 Å². The second-order valence-corrected chi connectivity index (χ2v) is 11.6. The Kier molecular flexibility index (Phi) is 7.80. The lowest BCUT2D eigenvalue weighted by molar-refractivity contribution is 0.434. The van der Waals surface area contributed by atoms with Crippen molar-refractivity contribution in [1.29, 1.82) is 0 Å². The van der Waals surface area contributed by atoms with Gasteiger partial charge >= 0.3 is 0 Å². The maximum atomic E-state index is 15.1. The van der Waals surface area contributed by atoms with E-state index in [9.17, 15) is 8.42 Å². The third-order valence-electron chi connectivity index (χ3n) is 6.48. The minimum Gasteiger partial charge on any atom is -0.435 e. The summed E-state index contributed by atoms with van der Waals surface area (Å²) in [6, 6.07) is 13.6. The molecule has 0 amide bonds. The maximum absolute atomic E-state index is 15.1. The number of anilines is 1. The SMILES string of the molecule is CCCS(=O)(=O)Cc1cccc2c(Oc3ncccc3-c3ccnc(N[C@H]4CCCNC4)n3)c(F)ccc12. The van der Waals surface area contributed by atoms with Crippen LogP contribution in [-0.4, -0.2) is 48.3 Å². The van der Waals surface area contributed by atoms with Gasteiger partial charge in [-0.1, -0.05) is 31.2 Å². The van der Waals surface area contributed by atoms with E-state index in [1.807, 2.05) is 13.0 Å². The molecule has 1 saturated heterocycles. The Labute approximate surface area is 221 Å². The Morgan fingerprint density at radius 1 is 1.08 bits per heavy atom. The number of halogens is 1. The van der Waals surface area contributed by atoms with Crippen molar-refractivity contribution in [2.45, 2.75) is 38.0 Å². The van der Waals surface area contributed by atoms with Crippen LogP contribution in [0.4, 0.5) is 10.3 Å². The van der Waals surface area contributed by atoms with Gasteiger partial charge in [0.1, 0.15) is 0 Å². The summed E-state index contributed by atoms with van der Waals surface area (Å²) in [5.74, 6) is 0.0754. The second kappa shape index (κ2) is 11.4. The summed E-state index contributed by atoms with van der Waals surface area (Å²) in [4.78, 5) is 13.4. The smallest absolute Gasteiger partial charge is 0.228 e. The van der Waals surface area contributed by atoms with Crippen LogP contribution in [-0.2, 0) is 15.6 Å². The molecule has 0 saturated carbocycles. The topological polar surface area (TPSA) is 106 Å². The Hall–Kier alpha value is -3.63. The molecule has 1 fully saturated rings. The normalized spacial score (nSPS) is 15.9. The van der Waals surface area contributed by atoms with Gasteiger partial charge in [0.15, 0.2) is 21.4 Å². The predicted octanol–water partition coefficient (Wildman–Crippen LogP) is 5.11. The fourth-order valence-corrected chi connectivity index (χ4v) is 6.21. The number of aromatic nitrogens is 3. The highest BCUT2D eigenvalue weighted by molar-refractivity contribution is 7.90. The number of rotatable bonds is 9. The van der Waals surface area contributed by atoms with Crippen LogP contribution in [0.5, 0.6) is 11.6 Å². The number of piperidine rings is 1. The highest BCUT2D eigenvalue weighted by atomic mass is 32.2. The Bertz CT molecular complexity index is 1540. The van der Waals surface area contributed by atoms with Crippen molar-refractivity contribution in [3.8, 4) is 22.9 Å². The number of hydrogen-bond acceptors (Lipinski definition) is 8. The molecule has 38 heavy (non-hydrogen) atoms. The minimum absolute atomic E-state index is 0.0159. The summed E-state index contributed by atoms with van der Waals surface area (Å²) in [6.07, 6.45) is 5.89. The van der Waals surface area contributed by atoms with Gasteiger partial charge in [0.25, 0.3) is 0 Å². The summed E-state index contributed by atoms with van der Waals surface area (Å²) in [5.41, 5.74) is 1.77. The van der Waals surface area contributed by atoms with E-state index in [0.717, 1.165) is 25.9 Å². The van der Waals surface area contributed by atoms with Gasteiger partial charge in [-0.3, -0.25) is 0 Å². The van der Waals surface area contributed by atoms with E-state index in [1.54, 1.807) is 48.8 Å².